The molecule has 0 spiro atoms. The van der Waals surface area contributed by atoms with Crippen LogP contribution in [-0.2, 0) is 33.2 Å². The van der Waals surface area contributed by atoms with Gasteiger partial charge in [0.15, 0.2) is 12.6 Å². The Balaban J connectivity index is 1.68. The van der Waals surface area contributed by atoms with Crippen LogP contribution < -0.4 is 0 Å². The quantitative estimate of drug-likeness (QED) is 0.0171. The monoisotopic (exact) mass is 1170 g/mol. The lowest BCUT2D eigenvalue weighted by Gasteiger charge is -2.42. The Morgan fingerprint density at radius 3 is 1.23 bits per heavy atom. The highest BCUT2D eigenvalue weighted by molar-refractivity contribution is 5.69. The molecule has 14 heteroatoms. The number of carbonyl (C=O) groups excluding carboxylic acids is 1. The van der Waals surface area contributed by atoms with Gasteiger partial charge in [0.1, 0.15) is 54.9 Å². The summed E-state index contributed by atoms with van der Waals surface area (Å²) < 4.78 is 34.5. The minimum atomic E-state index is -1.72. The molecule has 0 aromatic carbocycles. The highest BCUT2D eigenvalue weighted by Crippen LogP contribution is 2.27. The fraction of sp³-hybridized carbons (Fsp3) is 0.783. The van der Waals surface area contributed by atoms with Crippen LogP contribution in [-0.4, -0.2) is 142 Å². The molecule has 2 rings (SSSR count). The molecular formula is C69H120O14. The summed E-state index contributed by atoms with van der Waals surface area (Å²) in [6.45, 7) is 3.54. The molecule has 2 fully saturated rings. The standard InChI is InChI=1S/C69H120O14/c1-3-5-7-9-11-13-15-17-19-21-23-25-27-28-29-31-33-35-37-39-41-43-45-47-49-51-53-78-55-58(56-79-68-67(77)65(75)63(73)60(83-68)57-80-69-66(76)64(74)62(72)59(54-70)82-69)81-61(71)52-50-48-46-44-42-40-38-36-34-32-30-26-24-22-20-18-16-14-12-10-8-6-4-2/h5,7,11,13,17,19,23,25,28-29,33,35,39,41,58-60,62-70,72-77H,3-4,6,8-10,12,14-16,18,20-22,24,26-27,30-32,34,36-38,40,42-57H2,1-2H3/b7-5-,13-11-,19-17-,25-23-,29-28-,35-33-,41-39-. The van der Waals surface area contributed by atoms with Gasteiger partial charge < -0.3 is 64.2 Å². The Labute approximate surface area is 503 Å². The summed E-state index contributed by atoms with van der Waals surface area (Å²) in [7, 11) is 0. The van der Waals surface area contributed by atoms with Crippen LogP contribution in [0.1, 0.15) is 245 Å². The normalized spacial score (nSPS) is 24.0. The third-order valence-electron chi connectivity index (χ3n) is 15.4. The van der Waals surface area contributed by atoms with Crippen molar-refractivity contribution < 1.29 is 69.0 Å². The lowest BCUT2D eigenvalue weighted by atomic mass is 9.98. The Kier molecular flexibility index (Phi) is 50.1. The Morgan fingerprint density at radius 2 is 0.783 bits per heavy atom. The molecule has 2 heterocycles. The minimum absolute atomic E-state index is 0.0418. The van der Waals surface area contributed by atoms with Crippen LogP contribution in [0.25, 0.3) is 0 Å². The van der Waals surface area contributed by atoms with Gasteiger partial charge in [-0.3, -0.25) is 4.79 Å². The number of aliphatic hydroxyl groups is 7. The number of unbranched alkanes of at least 4 members (excludes halogenated alkanes) is 26. The zero-order valence-electron chi connectivity index (χ0n) is 51.9. The molecule has 0 radical (unpaired) electrons. The van der Waals surface area contributed by atoms with E-state index in [0.717, 1.165) is 96.3 Å². The van der Waals surface area contributed by atoms with Gasteiger partial charge in [-0.2, -0.15) is 0 Å². The van der Waals surface area contributed by atoms with E-state index in [1.54, 1.807) is 0 Å². The number of esters is 1. The fourth-order valence-electron chi connectivity index (χ4n) is 10.2. The van der Waals surface area contributed by atoms with Crippen molar-refractivity contribution in [1.29, 1.82) is 0 Å². The third-order valence-corrected chi connectivity index (χ3v) is 15.4. The van der Waals surface area contributed by atoms with E-state index in [1.807, 2.05) is 0 Å². The third kappa shape index (κ3) is 40.3. The van der Waals surface area contributed by atoms with Crippen molar-refractivity contribution in [2.45, 2.75) is 313 Å². The first-order valence-corrected chi connectivity index (χ1v) is 33.2. The maximum atomic E-state index is 13.1. The first-order valence-electron chi connectivity index (χ1n) is 33.2. The predicted octanol–water partition coefficient (Wildman–Crippen LogP) is 13.5. The van der Waals surface area contributed by atoms with Crippen molar-refractivity contribution in [3.63, 3.8) is 0 Å². The van der Waals surface area contributed by atoms with Gasteiger partial charge in [0, 0.05) is 13.0 Å². The summed E-state index contributed by atoms with van der Waals surface area (Å²) in [5.74, 6) is -0.383. The van der Waals surface area contributed by atoms with Gasteiger partial charge in [-0.05, 0) is 70.6 Å². The Hall–Kier alpha value is -2.83. The van der Waals surface area contributed by atoms with E-state index in [0.29, 0.717) is 13.0 Å². The molecular weight excluding hydrogens is 1050 g/mol. The van der Waals surface area contributed by atoms with E-state index >= 15 is 0 Å². The number of hydrogen-bond donors (Lipinski definition) is 7. The van der Waals surface area contributed by atoms with Crippen LogP contribution in [0.3, 0.4) is 0 Å². The van der Waals surface area contributed by atoms with Crippen molar-refractivity contribution in [3.05, 3.63) is 85.1 Å². The highest BCUT2D eigenvalue weighted by atomic mass is 16.7. The van der Waals surface area contributed by atoms with E-state index in [4.69, 9.17) is 28.4 Å². The minimum Gasteiger partial charge on any atom is -0.457 e. The van der Waals surface area contributed by atoms with E-state index in [2.05, 4.69) is 98.9 Å². The van der Waals surface area contributed by atoms with Gasteiger partial charge in [-0.1, -0.05) is 253 Å². The lowest BCUT2D eigenvalue weighted by molar-refractivity contribution is -0.332. The zero-order valence-corrected chi connectivity index (χ0v) is 51.9. The van der Waals surface area contributed by atoms with Crippen molar-refractivity contribution in [1.82, 2.24) is 0 Å². The number of allylic oxidation sites excluding steroid dienone is 14. The molecule has 11 atom stereocenters. The molecule has 480 valence electrons. The van der Waals surface area contributed by atoms with Crippen LogP contribution in [0.2, 0.25) is 0 Å². The topological polar surface area (TPSA) is 214 Å². The molecule has 2 aliphatic heterocycles. The molecule has 0 aromatic heterocycles. The average Bonchev–Trinajstić information content (AvgIpc) is 3.69. The van der Waals surface area contributed by atoms with Crippen LogP contribution in [0.5, 0.6) is 0 Å². The zero-order chi connectivity index (χ0) is 60.1. The first-order chi connectivity index (χ1) is 40.6. The second kappa shape index (κ2) is 54.6. The van der Waals surface area contributed by atoms with Gasteiger partial charge in [0.25, 0.3) is 0 Å². The fourth-order valence-corrected chi connectivity index (χ4v) is 10.2. The second-order valence-electron chi connectivity index (χ2n) is 22.9. The van der Waals surface area contributed by atoms with E-state index in [9.17, 15) is 40.5 Å². The highest BCUT2D eigenvalue weighted by Gasteiger charge is 2.47. The number of ether oxygens (including phenoxy) is 6. The summed E-state index contributed by atoms with van der Waals surface area (Å²) in [4.78, 5) is 13.1. The van der Waals surface area contributed by atoms with E-state index in [1.165, 1.54) is 122 Å². The van der Waals surface area contributed by atoms with Gasteiger partial charge in [0.2, 0.25) is 0 Å². The van der Waals surface area contributed by atoms with Crippen LogP contribution in [0.4, 0.5) is 0 Å². The summed E-state index contributed by atoms with van der Waals surface area (Å²) in [6, 6.07) is 0. The second-order valence-corrected chi connectivity index (χ2v) is 22.9. The molecule has 2 saturated heterocycles. The van der Waals surface area contributed by atoms with Crippen molar-refractivity contribution in [3.8, 4) is 0 Å². The smallest absolute Gasteiger partial charge is 0.306 e. The summed E-state index contributed by atoms with van der Waals surface area (Å²) >= 11 is 0. The maximum Gasteiger partial charge on any atom is 0.306 e. The van der Waals surface area contributed by atoms with Crippen molar-refractivity contribution in [2.24, 2.45) is 0 Å². The largest absolute Gasteiger partial charge is 0.457 e. The Morgan fingerprint density at radius 1 is 0.410 bits per heavy atom. The predicted molar refractivity (Wildman–Crippen MR) is 335 cm³/mol. The number of hydrogen-bond acceptors (Lipinski definition) is 14. The molecule has 2 aliphatic rings. The molecule has 0 bridgehead atoms. The van der Waals surface area contributed by atoms with Crippen molar-refractivity contribution >= 4 is 5.97 Å². The molecule has 0 saturated carbocycles. The van der Waals surface area contributed by atoms with Gasteiger partial charge >= 0.3 is 5.97 Å². The first kappa shape index (κ1) is 76.3. The number of rotatable bonds is 54. The number of carbonyl (C=O) groups is 1. The summed E-state index contributed by atoms with van der Waals surface area (Å²) in [6.07, 6.45) is 56.5. The van der Waals surface area contributed by atoms with Gasteiger partial charge in [-0.15, -0.1) is 0 Å². The lowest BCUT2D eigenvalue weighted by Crippen LogP contribution is -2.61. The Bertz CT molecular complexity index is 1690. The van der Waals surface area contributed by atoms with Gasteiger partial charge in [-0.25, -0.2) is 0 Å². The van der Waals surface area contributed by atoms with Gasteiger partial charge in [0.05, 0.1) is 26.4 Å². The van der Waals surface area contributed by atoms with E-state index < -0.39 is 80.7 Å². The summed E-state index contributed by atoms with van der Waals surface area (Å²) in [5.41, 5.74) is 0. The SMILES string of the molecule is CC/C=C\C/C=C\C/C=C\C/C=C\C/C=C\C/C=C\C/C=C\CCCCCCOCC(COC1OC(COC2OC(CO)C(O)C(O)C2O)C(O)C(O)C1O)OC(=O)CCCCCCCCCCCCCCCCCCCCCCCCC. The molecule has 83 heavy (non-hydrogen) atoms. The molecule has 0 amide bonds. The molecule has 11 unspecified atom stereocenters. The van der Waals surface area contributed by atoms with Crippen LogP contribution >= 0.6 is 0 Å². The van der Waals surface area contributed by atoms with E-state index in [-0.39, 0.29) is 25.6 Å². The molecule has 0 aliphatic carbocycles. The van der Waals surface area contributed by atoms with Crippen LogP contribution in [0.15, 0.2) is 85.1 Å². The van der Waals surface area contributed by atoms with Crippen LogP contribution in [0, 0.1) is 0 Å². The number of aliphatic hydroxyl groups excluding tert-OH is 7. The molecule has 14 nitrogen and oxygen atoms in total. The summed E-state index contributed by atoms with van der Waals surface area (Å²) in [5, 5.41) is 72.6. The maximum absolute atomic E-state index is 13.1. The average molecular weight is 1170 g/mol. The van der Waals surface area contributed by atoms with Crippen molar-refractivity contribution in [2.75, 3.05) is 33.0 Å². The molecule has 0 aromatic rings. The molecule has 7 N–H and O–H groups in total.